The maximum atomic E-state index is 13.3. The second-order valence-corrected chi connectivity index (χ2v) is 8.76. The highest BCUT2D eigenvalue weighted by molar-refractivity contribution is 5.96. The number of benzene rings is 1. The van der Waals surface area contributed by atoms with Crippen molar-refractivity contribution in [1.29, 1.82) is 0 Å². The first kappa shape index (κ1) is 28.5. The van der Waals surface area contributed by atoms with E-state index in [1.54, 1.807) is 38.1 Å². The number of nitrogens with zero attached hydrogens (tertiary/aromatic N) is 4. The van der Waals surface area contributed by atoms with Crippen LogP contribution in [0.4, 0.5) is 4.79 Å². The molecule has 3 amide bonds. The largest absolute Gasteiger partial charge is 0.481 e. The van der Waals surface area contributed by atoms with Crippen molar-refractivity contribution in [2.24, 2.45) is 0 Å². The maximum Gasteiger partial charge on any atom is 0.409 e. The molecule has 0 aliphatic carbocycles. The first-order chi connectivity index (χ1) is 18.2. The van der Waals surface area contributed by atoms with Crippen LogP contribution in [0.2, 0.25) is 0 Å². The van der Waals surface area contributed by atoms with Crippen LogP contribution in [0.5, 0.6) is 0 Å². The van der Waals surface area contributed by atoms with E-state index in [0.717, 1.165) is 0 Å². The van der Waals surface area contributed by atoms with Gasteiger partial charge in [-0.05, 0) is 25.8 Å². The van der Waals surface area contributed by atoms with Crippen molar-refractivity contribution in [1.82, 2.24) is 25.1 Å². The monoisotopic (exact) mass is 527 g/mol. The second kappa shape index (κ2) is 13.5. The van der Waals surface area contributed by atoms with E-state index in [0.29, 0.717) is 12.0 Å². The number of carbonyl (C=O) groups is 4. The Labute approximate surface area is 220 Å². The number of nitrogens with one attached hydrogen (secondary N) is 1. The molecular weight excluding hydrogens is 494 g/mol. The lowest BCUT2D eigenvalue weighted by atomic mass is 10.1. The van der Waals surface area contributed by atoms with Crippen molar-refractivity contribution < 1.29 is 34.1 Å². The summed E-state index contributed by atoms with van der Waals surface area (Å²) in [5.41, 5.74) is 0.848. The minimum Gasteiger partial charge on any atom is -0.481 e. The van der Waals surface area contributed by atoms with Crippen LogP contribution in [0.3, 0.4) is 0 Å². The van der Waals surface area contributed by atoms with Crippen LogP contribution in [-0.2, 0) is 14.3 Å². The normalized spacial score (nSPS) is 14.9. The summed E-state index contributed by atoms with van der Waals surface area (Å²) in [6, 6.07) is 9.21. The fourth-order valence-electron chi connectivity index (χ4n) is 3.98. The molecule has 1 aromatic heterocycles. The van der Waals surface area contributed by atoms with Crippen molar-refractivity contribution in [3.8, 4) is 11.4 Å². The van der Waals surface area contributed by atoms with E-state index in [9.17, 15) is 29.4 Å². The molecule has 0 saturated carbocycles. The van der Waals surface area contributed by atoms with E-state index in [4.69, 9.17) is 4.74 Å². The van der Waals surface area contributed by atoms with E-state index in [-0.39, 0.29) is 62.8 Å². The van der Waals surface area contributed by atoms with Gasteiger partial charge < -0.3 is 30.1 Å². The number of amides is 3. The number of carboxylic acid groups (broad SMARTS) is 1. The zero-order chi connectivity index (χ0) is 27.7. The van der Waals surface area contributed by atoms with Crippen LogP contribution < -0.4 is 5.32 Å². The minimum absolute atomic E-state index is 0.0541. The van der Waals surface area contributed by atoms with Gasteiger partial charge in [-0.25, -0.2) is 14.8 Å². The third-order valence-corrected chi connectivity index (χ3v) is 6.11. The molecule has 2 atom stereocenters. The van der Waals surface area contributed by atoms with Crippen molar-refractivity contribution in [2.45, 2.75) is 45.3 Å². The molecule has 1 aliphatic rings. The highest BCUT2D eigenvalue weighted by Crippen LogP contribution is 2.21. The molecule has 2 heterocycles. The third kappa shape index (κ3) is 7.48. The van der Waals surface area contributed by atoms with Crippen molar-refractivity contribution in [3.05, 3.63) is 47.8 Å². The second-order valence-electron chi connectivity index (χ2n) is 8.76. The van der Waals surface area contributed by atoms with Gasteiger partial charge in [0.15, 0.2) is 5.82 Å². The van der Waals surface area contributed by atoms with Crippen LogP contribution in [0.15, 0.2) is 36.4 Å². The summed E-state index contributed by atoms with van der Waals surface area (Å²) in [4.78, 5) is 61.5. The molecule has 204 valence electrons. The first-order valence-corrected chi connectivity index (χ1v) is 12.6. The fraction of sp³-hybridized carbons (Fsp3) is 0.462. The zero-order valence-electron chi connectivity index (χ0n) is 21.5. The Bertz CT molecular complexity index is 1140. The smallest absolute Gasteiger partial charge is 0.409 e. The van der Waals surface area contributed by atoms with Gasteiger partial charge in [-0.1, -0.05) is 37.3 Å². The Kier molecular flexibility index (Phi) is 10.1. The molecule has 38 heavy (non-hydrogen) atoms. The van der Waals surface area contributed by atoms with E-state index >= 15 is 0 Å². The van der Waals surface area contributed by atoms with Gasteiger partial charge in [0.1, 0.15) is 11.7 Å². The van der Waals surface area contributed by atoms with E-state index < -0.39 is 36.0 Å². The number of carbonyl (C=O) groups excluding carboxylic acids is 3. The summed E-state index contributed by atoms with van der Waals surface area (Å²) < 4.78 is 5.00. The molecule has 1 unspecified atom stereocenters. The number of hydrogen-bond acceptors (Lipinski definition) is 8. The highest BCUT2D eigenvalue weighted by Gasteiger charge is 2.31. The number of aliphatic hydroxyl groups is 1. The summed E-state index contributed by atoms with van der Waals surface area (Å²) in [5, 5.41) is 22.2. The third-order valence-electron chi connectivity index (χ3n) is 6.11. The Morgan fingerprint density at radius 1 is 1.03 bits per heavy atom. The van der Waals surface area contributed by atoms with Gasteiger partial charge in [0.05, 0.1) is 18.4 Å². The molecule has 0 spiro atoms. The number of carboxylic acids is 1. The number of aliphatic carboxylic acids is 1. The van der Waals surface area contributed by atoms with Gasteiger partial charge in [0.25, 0.3) is 5.91 Å². The zero-order valence-corrected chi connectivity index (χ0v) is 21.5. The summed E-state index contributed by atoms with van der Waals surface area (Å²) in [6.45, 7) is 4.68. The number of aliphatic hydroxyl groups excluding tert-OH is 1. The standard InChI is InChI=1S/C26H33N5O7/c1-3-21(32)19-16-20(28-23(27-19)17-8-6-5-7-9-17)24(35)29-18(10-11-22(33)34)25(36)30-12-14-31(15-13-30)26(37)38-4-2/h5-9,16,18,21,32H,3-4,10-15H2,1-2H3,(H,29,35)(H,33,34)/t18?,21-/m0/s1. The Hall–Kier alpha value is -4.06. The summed E-state index contributed by atoms with van der Waals surface area (Å²) in [6.07, 6.45) is -1.48. The fourth-order valence-corrected chi connectivity index (χ4v) is 3.98. The summed E-state index contributed by atoms with van der Waals surface area (Å²) >= 11 is 0. The molecular formula is C26H33N5O7. The van der Waals surface area contributed by atoms with Crippen molar-refractivity contribution in [3.63, 3.8) is 0 Å². The van der Waals surface area contributed by atoms with Crippen LogP contribution >= 0.6 is 0 Å². The average Bonchev–Trinajstić information content (AvgIpc) is 2.94. The van der Waals surface area contributed by atoms with Crippen LogP contribution in [-0.4, -0.2) is 92.7 Å². The lowest BCUT2D eigenvalue weighted by molar-refractivity contribution is -0.138. The lowest BCUT2D eigenvalue weighted by Crippen LogP contribution is -2.56. The molecule has 1 aliphatic heterocycles. The molecule has 1 aromatic carbocycles. The lowest BCUT2D eigenvalue weighted by Gasteiger charge is -2.35. The van der Waals surface area contributed by atoms with E-state index in [2.05, 4.69) is 15.3 Å². The SMILES string of the molecule is CCOC(=O)N1CCN(C(=O)C(CCC(=O)O)NC(=O)c2cc([C@@H](O)CC)nc(-c3ccccc3)n2)CC1. The van der Waals surface area contributed by atoms with Crippen LogP contribution in [0.25, 0.3) is 11.4 Å². The highest BCUT2D eigenvalue weighted by atomic mass is 16.6. The first-order valence-electron chi connectivity index (χ1n) is 12.6. The molecule has 1 saturated heterocycles. The predicted octanol–water partition coefficient (Wildman–Crippen LogP) is 1.85. The van der Waals surface area contributed by atoms with Crippen molar-refractivity contribution in [2.75, 3.05) is 32.8 Å². The quantitative estimate of drug-likeness (QED) is 0.418. The molecule has 2 aromatic rings. The van der Waals surface area contributed by atoms with Crippen LogP contribution in [0.1, 0.15) is 55.4 Å². The number of piperazine rings is 1. The van der Waals surface area contributed by atoms with Gasteiger partial charge in [-0.3, -0.25) is 14.4 Å². The number of hydrogen-bond donors (Lipinski definition) is 3. The molecule has 12 nitrogen and oxygen atoms in total. The molecule has 0 radical (unpaired) electrons. The Morgan fingerprint density at radius 2 is 1.68 bits per heavy atom. The van der Waals surface area contributed by atoms with Gasteiger partial charge in [0, 0.05) is 38.2 Å². The van der Waals surface area contributed by atoms with Crippen molar-refractivity contribution >= 4 is 23.9 Å². The van der Waals surface area contributed by atoms with E-state index in [1.165, 1.54) is 15.9 Å². The topological polar surface area (TPSA) is 162 Å². The molecule has 12 heteroatoms. The van der Waals surface area contributed by atoms with Crippen LogP contribution in [0, 0.1) is 0 Å². The Morgan fingerprint density at radius 3 is 2.29 bits per heavy atom. The minimum atomic E-state index is -1.12. The van der Waals surface area contributed by atoms with Gasteiger partial charge in [-0.15, -0.1) is 0 Å². The van der Waals surface area contributed by atoms with Gasteiger partial charge in [0.2, 0.25) is 5.91 Å². The summed E-state index contributed by atoms with van der Waals surface area (Å²) in [5.74, 6) is -2.01. The average molecular weight is 528 g/mol. The summed E-state index contributed by atoms with van der Waals surface area (Å²) in [7, 11) is 0. The Balaban J connectivity index is 1.81. The predicted molar refractivity (Wildman–Crippen MR) is 136 cm³/mol. The maximum absolute atomic E-state index is 13.3. The molecule has 3 rings (SSSR count). The van der Waals surface area contributed by atoms with Gasteiger partial charge >= 0.3 is 12.1 Å². The molecule has 1 fully saturated rings. The number of rotatable bonds is 10. The number of ether oxygens (including phenoxy) is 1. The molecule has 3 N–H and O–H groups in total. The van der Waals surface area contributed by atoms with E-state index in [1.807, 2.05) is 6.07 Å². The number of aromatic nitrogens is 2. The van der Waals surface area contributed by atoms with Gasteiger partial charge in [-0.2, -0.15) is 0 Å². The molecule has 0 bridgehead atoms.